The van der Waals surface area contributed by atoms with Gasteiger partial charge in [0.1, 0.15) is 16.9 Å². The molecule has 10 heteroatoms. The lowest BCUT2D eigenvalue weighted by Gasteiger charge is -2.15. The Morgan fingerprint density at radius 2 is 1.79 bits per heavy atom. The summed E-state index contributed by atoms with van der Waals surface area (Å²) in [6.45, 7) is 1.76. The Bertz CT molecular complexity index is 1220. The normalized spacial score (nSPS) is 12.8. The Kier molecular flexibility index (Phi) is 5.59. The zero-order valence-corrected chi connectivity index (χ0v) is 18.4. The summed E-state index contributed by atoms with van der Waals surface area (Å²) in [5.41, 5.74) is 1.59. The van der Waals surface area contributed by atoms with E-state index in [9.17, 15) is 8.42 Å². The Morgan fingerprint density at radius 1 is 1.07 bits per heavy atom. The Balaban J connectivity index is 1.66. The number of benzene rings is 2. The highest BCUT2D eigenvalue weighted by molar-refractivity contribution is 9.10. The number of rotatable bonds is 6. The van der Waals surface area contributed by atoms with Gasteiger partial charge in [-0.15, -0.1) is 11.3 Å². The largest absolute Gasteiger partial charge is 0.263 e. The number of thiazole rings is 1. The smallest absolute Gasteiger partial charge is 0.259 e. The van der Waals surface area contributed by atoms with Crippen LogP contribution in [0.25, 0.3) is 10.6 Å². The van der Waals surface area contributed by atoms with E-state index in [-0.39, 0.29) is 5.03 Å². The van der Waals surface area contributed by atoms with E-state index >= 15 is 0 Å². The third kappa shape index (κ3) is 4.45. The fraction of sp³-hybridized carbons (Fsp3) is 0.105. The maximum Gasteiger partial charge on any atom is 0.259 e. The van der Waals surface area contributed by atoms with Gasteiger partial charge in [0.05, 0.1) is 0 Å². The highest BCUT2D eigenvalue weighted by Crippen LogP contribution is 2.28. The van der Waals surface area contributed by atoms with Gasteiger partial charge in [-0.3, -0.25) is 5.10 Å². The van der Waals surface area contributed by atoms with Crippen molar-refractivity contribution in [1.29, 1.82) is 0 Å². The second-order valence-electron chi connectivity index (χ2n) is 6.24. The van der Waals surface area contributed by atoms with Crippen molar-refractivity contribution in [3.05, 3.63) is 81.7 Å². The molecular weight excluding hydrogens is 474 g/mol. The van der Waals surface area contributed by atoms with E-state index < -0.39 is 16.1 Å². The van der Waals surface area contributed by atoms with Gasteiger partial charge in [-0.05, 0) is 24.6 Å². The van der Waals surface area contributed by atoms with Crippen molar-refractivity contribution in [3.63, 3.8) is 0 Å². The fourth-order valence-corrected chi connectivity index (χ4v) is 5.27. The maximum atomic E-state index is 13.1. The van der Waals surface area contributed by atoms with Crippen LogP contribution in [0.15, 0.2) is 69.5 Å². The number of aromatic nitrogens is 4. The summed E-state index contributed by atoms with van der Waals surface area (Å²) >= 11 is 4.67. The number of H-pyrrole nitrogens is 1. The van der Waals surface area contributed by atoms with E-state index in [2.05, 4.69) is 40.8 Å². The van der Waals surface area contributed by atoms with Crippen molar-refractivity contribution in [2.24, 2.45) is 0 Å². The standard InChI is InChI=1S/C19H16BrN5O2S2/c1-12-21-18(24-23-12)17(13-5-3-2-4-6-13)25-29(26,27)16-11-28-19(22-16)14-7-9-15(20)10-8-14/h2-11,17,25H,1H3,(H,21,23,24). The molecule has 148 valence electrons. The first kappa shape index (κ1) is 19.9. The molecule has 2 aromatic heterocycles. The number of aromatic amines is 1. The van der Waals surface area contributed by atoms with Gasteiger partial charge in [0.25, 0.3) is 10.0 Å². The van der Waals surface area contributed by atoms with Crippen LogP contribution in [-0.4, -0.2) is 28.6 Å². The van der Waals surface area contributed by atoms with Crippen molar-refractivity contribution in [3.8, 4) is 10.6 Å². The third-order valence-corrected chi connectivity index (χ3v) is 7.00. The zero-order chi connectivity index (χ0) is 20.4. The first-order valence-electron chi connectivity index (χ1n) is 8.60. The first-order chi connectivity index (χ1) is 13.9. The summed E-state index contributed by atoms with van der Waals surface area (Å²) in [6, 6.07) is 16.0. The van der Waals surface area contributed by atoms with Crippen LogP contribution in [0.2, 0.25) is 0 Å². The molecule has 1 atom stereocenters. The molecule has 0 saturated carbocycles. The van der Waals surface area contributed by atoms with Crippen LogP contribution in [0.1, 0.15) is 23.3 Å². The molecule has 2 heterocycles. The molecule has 7 nitrogen and oxygen atoms in total. The zero-order valence-electron chi connectivity index (χ0n) is 15.2. The van der Waals surface area contributed by atoms with Crippen LogP contribution < -0.4 is 4.72 Å². The molecule has 4 rings (SSSR count). The average molecular weight is 490 g/mol. The highest BCUT2D eigenvalue weighted by atomic mass is 79.9. The van der Waals surface area contributed by atoms with Crippen molar-refractivity contribution in [2.75, 3.05) is 0 Å². The predicted molar refractivity (Wildman–Crippen MR) is 115 cm³/mol. The second-order valence-corrected chi connectivity index (χ2v) is 9.68. The molecule has 0 aliphatic rings. The van der Waals surface area contributed by atoms with Crippen LogP contribution in [0.5, 0.6) is 0 Å². The summed E-state index contributed by atoms with van der Waals surface area (Å²) in [7, 11) is -3.90. The molecule has 0 spiro atoms. The van der Waals surface area contributed by atoms with Crippen molar-refractivity contribution in [1.82, 2.24) is 24.9 Å². The third-order valence-electron chi connectivity index (χ3n) is 4.13. The first-order valence-corrected chi connectivity index (χ1v) is 11.8. The second kappa shape index (κ2) is 8.15. The number of sulfonamides is 1. The molecule has 2 N–H and O–H groups in total. The number of hydrogen-bond donors (Lipinski definition) is 2. The maximum absolute atomic E-state index is 13.1. The van der Waals surface area contributed by atoms with Gasteiger partial charge >= 0.3 is 0 Å². The summed E-state index contributed by atoms with van der Waals surface area (Å²) < 4.78 is 29.7. The minimum Gasteiger partial charge on any atom is -0.263 e. The monoisotopic (exact) mass is 489 g/mol. The molecule has 0 aliphatic carbocycles. The number of halogens is 1. The summed E-state index contributed by atoms with van der Waals surface area (Å²) in [5, 5.41) is 9.03. The minimum atomic E-state index is -3.90. The van der Waals surface area contributed by atoms with E-state index in [1.165, 1.54) is 16.7 Å². The fourth-order valence-electron chi connectivity index (χ4n) is 2.73. The van der Waals surface area contributed by atoms with Gasteiger partial charge in [-0.25, -0.2) is 18.4 Å². The SMILES string of the molecule is Cc1nc(C(NS(=O)(=O)c2csc(-c3ccc(Br)cc3)n2)c2ccccc2)n[nH]1. The molecule has 0 radical (unpaired) electrons. The van der Waals surface area contributed by atoms with Gasteiger partial charge in [0, 0.05) is 15.4 Å². The number of nitrogens with one attached hydrogen (secondary N) is 2. The van der Waals surface area contributed by atoms with Crippen molar-refractivity contribution in [2.45, 2.75) is 18.0 Å². The molecule has 29 heavy (non-hydrogen) atoms. The summed E-state index contributed by atoms with van der Waals surface area (Å²) in [6.07, 6.45) is 0. The van der Waals surface area contributed by atoms with E-state index in [1.54, 1.807) is 6.92 Å². The molecule has 0 saturated heterocycles. The molecule has 4 aromatic rings. The van der Waals surface area contributed by atoms with E-state index in [4.69, 9.17) is 0 Å². The Labute approximate surface area is 180 Å². The van der Waals surface area contributed by atoms with Crippen LogP contribution in [-0.2, 0) is 10.0 Å². The molecule has 0 fully saturated rings. The van der Waals surface area contributed by atoms with Gasteiger partial charge in [-0.1, -0.05) is 58.4 Å². The van der Waals surface area contributed by atoms with Crippen molar-refractivity contribution < 1.29 is 8.42 Å². The van der Waals surface area contributed by atoms with Crippen molar-refractivity contribution >= 4 is 37.3 Å². The molecule has 2 aromatic carbocycles. The molecule has 0 aliphatic heterocycles. The lowest BCUT2D eigenvalue weighted by atomic mass is 10.1. The predicted octanol–water partition coefficient (Wildman–Crippen LogP) is 4.07. The number of aryl methyl sites for hydroxylation is 1. The highest BCUT2D eigenvalue weighted by Gasteiger charge is 2.27. The van der Waals surface area contributed by atoms with Gasteiger partial charge < -0.3 is 0 Å². The molecule has 0 bridgehead atoms. The summed E-state index contributed by atoms with van der Waals surface area (Å²) in [4.78, 5) is 8.64. The molecular formula is C19H16BrN5O2S2. The molecule has 0 amide bonds. The van der Waals surface area contributed by atoms with E-state index in [0.717, 1.165) is 15.6 Å². The molecule has 1 unspecified atom stereocenters. The average Bonchev–Trinajstić information content (AvgIpc) is 3.37. The van der Waals surface area contributed by atoms with Gasteiger partial charge in [0.2, 0.25) is 0 Å². The Morgan fingerprint density at radius 3 is 2.45 bits per heavy atom. The van der Waals surface area contributed by atoms with Gasteiger partial charge in [-0.2, -0.15) is 9.82 Å². The van der Waals surface area contributed by atoms with E-state index in [0.29, 0.717) is 16.7 Å². The van der Waals surface area contributed by atoms with Crippen LogP contribution >= 0.6 is 27.3 Å². The van der Waals surface area contributed by atoms with E-state index in [1.807, 2.05) is 54.6 Å². The lowest BCUT2D eigenvalue weighted by molar-refractivity contribution is 0.564. The lowest BCUT2D eigenvalue weighted by Crippen LogP contribution is -2.30. The topological polar surface area (TPSA) is 101 Å². The van der Waals surface area contributed by atoms with Crippen LogP contribution in [0.4, 0.5) is 0 Å². The summed E-state index contributed by atoms with van der Waals surface area (Å²) in [5.74, 6) is 0.951. The number of hydrogen-bond acceptors (Lipinski definition) is 6. The van der Waals surface area contributed by atoms with Crippen LogP contribution in [0, 0.1) is 6.92 Å². The quantitative estimate of drug-likeness (QED) is 0.425. The number of nitrogens with zero attached hydrogens (tertiary/aromatic N) is 3. The minimum absolute atomic E-state index is 0.0337. The van der Waals surface area contributed by atoms with Crippen LogP contribution in [0.3, 0.4) is 0 Å². The van der Waals surface area contributed by atoms with Gasteiger partial charge in [0.15, 0.2) is 10.9 Å². The Hall–Kier alpha value is -2.40.